The van der Waals surface area contributed by atoms with Crippen LogP contribution in [0.2, 0.25) is 5.02 Å². The Balaban J connectivity index is 1.76. The third kappa shape index (κ3) is 3.01. The van der Waals surface area contributed by atoms with E-state index in [9.17, 15) is 4.79 Å². The fourth-order valence-electron chi connectivity index (χ4n) is 1.99. The number of amides is 1. The van der Waals surface area contributed by atoms with Gasteiger partial charge in [-0.3, -0.25) is 4.79 Å². The Morgan fingerprint density at radius 3 is 2.81 bits per heavy atom. The van der Waals surface area contributed by atoms with Crippen molar-refractivity contribution >= 4 is 28.5 Å². The van der Waals surface area contributed by atoms with Gasteiger partial charge in [-0.05, 0) is 35.9 Å². The second-order valence-corrected chi connectivity index (χ2v) is 4.93. The number of carbonyl (C=O) groups excluding carboxylic acids is 1. The number of halogens is 1. The molecule has 0 radical (unpaired) electrons. The van der Waals surface area contributed by atoms with Crippen LogP contribution in [0.4, 0.5) is 0 Å². The van der Waals surface area contributed by atoms with E-state index >= 15 is 0 Å². The summed E-state index contributed by atoms with van der Waals surface area (Å²) >= 11 is 6.05. The van der Waals surface area contributed by atoms with Crippen LogP contribution in [0.5, 0.6) is 0 Å². The zero-order chi connectivity index (χ0) is 14.7. The Kier molecular flexibility index (Phi) is 3.79. The second kappa shape index (κ2) is 5.89. The third-order valence-electron chi connectivity index (χ3n) is 3.09. The number of pyridine rings is 2. The van der Waals surface area contributed by atoms with E-state index in [1.54, 1.807) is 18.3 Å². The number of fused-ring (bicyclic) bond motifs is 1. The standard InChI is InChI=1S/C16H12ClN3O/c17-13-6-2-1-4-12(13)10-19-16(21)14-8-7-11-5-3-9-18-15(11)20-14/h1-9H,10H2,(H,19,21). The van der Waals surface area contributed by atoms with Crippen LogP contribution in [0.1, 0.15) is 16.1 Å². The van der Waals surface area contributed by atoms with Crippen LogP contribution in [0.25, 0.3) is 11.0 Å². The molecule has 0 bridgehead atoms. The van der Waals surface area contributed by atoms with Crippen molar-refractivity contribution in [1.82, 2.24) is 15.3 Å². The zero-order valence-corrected chi connectivity index (χ0v) is 11.8. The van der Waals surface area contributed by atoms with E-state index in [0.29, 0.717) is 22.9 Å². The van der Waals surface area contributed by atoms with Crippen LogP contribution in [0.15, 0.2) is 54.7 Å². The number of carbonyl (C=O) groups is 1. The topological polar surface area (TPSA) is 54.9 Å². The second-order valence-electron chi connectivity index (χ2n) is 4.52. The number of benzene rings is 1. The van der Waals surface area contributed by atoms with Gasteiger partial charge in [0.25, 0.3) is 5.91 Å². The first kappa shape index (κ1) is 13.5. The van der Waals surface area contributed by atoms with Gasteiger partial charge in [0.05, 0.1) is 0 Å². The Labute approximate surface area is 126 Å². The Morgan fingerprint density at radius 1 is 1.10 bits per heavy atom. The summed E-state index contributed by atoms with van der Waals surface area (Å²) in [5.74, 6) is -0.248. The van der Waals surface area contributed by atoms with E-state index in [0.717, 1.165) is 10.9 Å². The van der Waals surface area contributed by atoms with Crippen molar-refractivity contribution in [3.63, 3.8) is 0 Å². The highest BCUT2D eigenvalue weighted by Crippen LogP contribution is 2.14. The van der Waals surface area contributed by atoms with Gasteiger partial charge in [0.1, 0.15) is 5.69 Å². The molecule has 0 saturated heterocycles. The Morgan fingerprint density at radius 2 is 1.95 bits per heavy atom. The smallest absolute Gasteiger partial charge is 0.270 e. The fraction of sp³-hybridized carbons (Fsp3) is 0.0625. The monoisotopic (exact) mass is 297 g/mol. The maximum Gasteiger partial charge on any atom is 0.270 e. The molecule has 21 heavy (non-hydrogen) atoms. The number of nitrogens with one attached hydrogen (secondary N) is 1. The lowest BCUT2D eigenvalue weighted by Crippen LogP contribution is -2.24. The van der Waals surface area contributed by atoms with Crippen molar-refractivity contribution in [2.45, 2.75) is 6.54 Å². The number of aromatic nitrogens is 2. The number of rotatable bonds is 3. The highest BCUT2D eigenvalue weighted by molar-refractivity contribution is 6.31. The molecule has 1 N–H and O–H groups in total. The fourth-order valence-corrected chi connectivity index (χ4v) is 2.19. The third-order valence-corrected chi connectivity index (χ3v) is 3.46. The van der Waals surface area contributed by atoms with Gasteiger partial charge in [0.2, 0.25) is 0 Å². The van der Waals surface area contributed by atoms with Crippen molar-refractivity contribution in [3.8, 4) is 0 Å². The summed E-state index contributed by atoms with van der Waals surface area (Å²) in [5, 5.41) is 4.34. The van der Waals surface area contributed by atoms with Crippen LogP contribution in [-0.2, 0) is 6.54 Å². The molecule has 3 aromatic rings. The van der Waals surface area contributed by atoms with Crippen LogP contribution in [-0.4, -0.2) is 15.9 Å². The zero-order valence-electron chi connectivity index (χ0n) is 11.1. The molecular formula is C16H12ClN3O. The summed E-state index contributed by atoms with van der Waals surface area (Å²) in [6, 6.07) is 14.7. The first-order chi connectivity index (χ1) is 10.2. The largest absolute Gasteiger partial charge is 0.347 e. The van der Waals surface area contributed by atoms with E-state index in [1.165, 1.54) is 0 Å². The molecule has 2 heterocycles. The molecule has 0 unspecified atom stereocenters. The highest BCUT2D eigenvalue weighted by Gasteiger charge is 2.09. The molecule has 4 nitrogen and oxygen atoms in total. The molecule has 3 rings (SSSR count). The molecule has 0 spiro atoms. The Hall–Kier alpha value is -2.46. The van der Waals surface area contributed by atoms with Crippen LogP contribution in [0, 0.1) is 0 Å². The van der Waals surface area contributed by atoms with E-state index in [4.69, 9.17) is 11.6 Å². The van der Waals surface area contributed by atoms with Crippen molar-refractivity contribution in [3.05, 3.63) is 71.0 Å². The lowest BCUT2D eigenvalue weighted by molar-refractivity contribution is 0.0946. The number of hydrogen-bond donors (Lipinski definition) is 1. The molecule has 0 aliphatic rings. The lowest BCUT2D eigenvalue weighted by atomic mass is 10.2. The molecule has 104 valence electrons. The molecule has 0 saturated carbocycles. The molecule has 5 heteroatoms. The Bertz CT molecular complexity index is 804. The van der Waals surface area contributed by atoms with E-state index in [1.807, 2.05) is 36.4 Å². The predicted molar refractivity (Wildman–Crippen MR) is 82.2 cm³/mol. The summed E-state index contributed by atoms with van der Waals surface area (Å²) < 4.78 is 0. The van der Waals surface area contributed by atoms with Crippen LogP contribution < -0.4 is 5.32 Å². The molecule has 1 aromatic carbocycles. The molecule has 0 aliphatic heterocycles. The van der Waals surface area contributed by atoms with Crippen molar-refractivity contribution < 1.29 is 4.79 Å². The van der Waals surface area contributed by atoms with Crippen molar-refractivity contribution in [2.75, 3.05) is 0 Å². The minimum absolute atomic E-state index is 0.248. The summed E-state index contributed by atoms with van der Waals surface area (Å²) in [5.41, 5.74) is 1.77. The van der Waals surface area contributed by atoms with Gasteiger partial charge in [-0.25, -0.2) is 9.97 Å². The molecule has 1 amide bonds. The van der Waals surface area contributed by atoms with Gasteiger partial charge in [-0.15, -0.1) is 0 Å². The molecule has 0 atom stereocenters. The van der Waals surface area contributed by atoms with Gasteiger partial charge >= 0.3 is 0 Å². The minimum Gasteiger partial charge on any atom is -0.347 e. The quantitative estimate of drug-likeness (QED) is 0.807. The van der Waals surface area contributed by atoms with Crippen LogP contribution >= 0.6 is 11.6 Å². The maximum atomic E-state index is 12.1. The number of nitrogens with zero attached hydrogens (tertiary/aromatic N) is 2. The van der Waals surface area contributed by atoms with Gasteiger partial charge < -0.3 is 5.32 Å². The highest BCUT2D eigenvalue weighted by atomic mass is 35.5. The van der Waals surface area contributed by atoms with Gasteiger partial charge in [-0.2, -0.15) is 0 Å². The molecule has 0 aliphatic carbocycles. The van der Waals surface area contributed by atoms with Crippen molar-refractivity contribution in [1.29, 1.82) is 0 Å². The van der Waals surface area contributed by atoms with Crippen molar-refractivity contribution in [2.24, 2.45) is 0 Å². The van der Waals surface area contributed by atoms with Gasteiger partial charge in [0, 0.05) is 23.2 Å². The van der Waals surface area contributed by atoms with Gasteiger partial charge in [-0.1, -0.05) is 29.8 Å². The van der Waals surface area contributed by atoms with Gasteiger partial charge in [0.15, 0.2) is 5.65 Å². The molecule has 0 fully saturated rings. The summed E-state index contributed by atoms with van der Waals surface area (Å²) in [6.45, 7) is 0.362. The minimum atomic E-state index is -0.248. The lowest BCUT2D eigenvalue weighted by Gasteiger charge is -2.07. The summed E-state index contributed by atoms with van der Waals surface area (Å²) in [7, 11) is 0. The summed E-state index contributed by atoms with van der Waals surface area (Å²) in [4.78, 5) is 20.5. The average molecular weight is 298 g/mol. The van der Waals surface area contributed by atoms with E-state index in [-0.39, 0.29) is 5.91 Å². The van der Waals surface area contributed by atoms with Crippen LogP contribution in [0.3, 0.4) is 0 Å². The first-order valence-corrected chi connectivity index (χ1v) is 6.85. The normalized spacial score (nSPS) is 10.5. The average Bonchev–Trinajstić information content (AvgIpc) is 2.53. The maximum absolute atomic E-state index is 12.1. The first-order valence-electron chi connectivity index (χ1n) is 6.47. The van der Waals surface area contributed by atoms with E-state index < -0.39 is 0 Å². The predicted octanol–water partition coefficient (Wildman–Crippen LogP) is 3.21. The molecule has 2 aromatic heterocycles. The molecular weight excluding hydrogens is 286 g/mol. The van der Waals surface area contributed by atoms with E-state index in [2.05, 4.69) is 15.3 Å². The SMILES string of the molecule is O=C(NCc1ccccc1Cl)c1ccc2cccnc2n1. The number of hydrogen-bond acceptors (Lipinski definition) is 3. The summed E-state index contributed by atoms with van der Waals surface area (Å²) in [6.07, 6.45) is 1.65.